The van der Waals surface area contributed by atoms with Gasteiger partial charge in [-0.2, -0.15) is 0 Å². The van der Waals surface area contributed by atoms with Gasteiger partial charge in [-0.1, -0.05) is 35.8 Å². The van der Waals surface area contributed by atoms with Gasteiger partial charge in [0.2, 0.25) is 0 Å². The van der Waals surface area contributed by atoms with Crippen molar-refractivity contribution in [1.82, 2.24) is 4.98 Å². The van der Waals surface area contributed by atoms with Crippen LogP contribution in [0.4, 0.5) is 4.39 Å². The Kier molecular flexibility index (Phi) is 3.13. The van der Waals surface area contributed by atoms with E-state index in [1.807, 2.05) is 0 Å². The molecule has 0 saturated carbocycles. The highest BCUT2D eigenvalue weighted by Crippen LogP contribution is 2.28. The van der Waals surface area contributed by atoms with E-state index in [1.165, 1.54) is 6.07 Å². The molecule has 0 amide bonds. The number of nitrogens with zero attached hydrogens (tertiary/aromatic N) is 4. The minimum Gasteiger partial charge on any atom is -0.233 e. The average molecular weight is 251 g/mol. The van der Waals surface area contributed by atoms with Crippen molar-refractivity contribution < 1.29 is 4.39 Å². The number of hydrogen-bond acceptors (Lipinski definition) is 2. The Hall–Kier alpha value is -1.84. The lowest BCUT2D eigenvalue weighted by atomic mass is 10.1. The zero-order valence-electron chi connectivity index (χ0n) is 8.93. The first-order valence-electron chi connectivity index (χ1n) is 4.92. The molecule has 4 nitrogen and oxygen atoms in total. The van der Waals surface area contributed by atoms with Gasteiger partial charge in [0.1, 0.15) is 16.5 Å². The van der Waals surface area contributed by atoms with E-state index >= 15 is 0 Å². The summed E-state index contributed by atoms with van der Waals surface area (Å²) in [6.07, 6.45) is 0. The van der Waals surface area contributed by atoms with E-state index in [4.69, 9.17) is 17.1 Å². The summed E-state index contributed by atoms with van der Waals surface area (Å²) in [5.41, 5.74) is 9.18. The van der Waals surface area contributed by atoms with Crippen LogP contribution < -0.4 is 0 Å². The molecule has 0 spiro atoms. The molecule has 0 aliphatic carbocycles. The van der Waals surface area contributed by atoms with Gasteiger partial charge in [-0.3, -0.25) is 0 Å². The monoisotopic (exact) mass is 250 g/mol. The Morgan fingerprint density at radius 1 is 1.53 bits per heavy atom. The van der Waals surface area contributed by atoms with Gasteiger partial charge in [0.25, 0.3) is 0 Å². The number of rotatable bonds is 2. The average Bonchev–Trinajstić information content (AvgIpc) is 2.30. The number of halogens is 2. The minimum absolute atomic E-state index is 0.155. The lowest BCUT2D eigenvalue weighted by molar-refractivity contribution is 0.636. The highest BCUT2D eigenvalue weighted by Gasteiger charge is 2.12. The third-order valence-corrected chi connectivity index (χ3v) is 2.75. The van der Waals surface area contributed by atoms with Gasteiger partial charge in [-0.05, 0) is 23.2 Å². The predicted octanol–water partition coefficient (Wildman–Crippen LogP) is 4.40. The second-order valence-electron chi connectivity index (χ2n) is 3.56. The molecule has 2 aromatic rings. The fourth-order valence-electron chi connectivity index (χ4n) is 1.59. The van der Waals surface area contributed by atoms with Gasteiger partial charge in [0.05, 0.1) is 6.04 Å². The van der Waals surface area contributed by atoms with E-state index in [-0.39, 0.29) is 10.7 Å². The molecule has 6 heteroatoms. The van der Waals surface area contributed by atoms with Crippen LogP contribution in [0.3, 0.4) is 0 Å². The fraction of sp³-hybridized carbons (Fsp3) is 0.182. The molecular weight excluding hydrogens is 243 g/mol. The van der Waals surface area contributed by atoms with Gasteiger partial charge in [0, 0.05) is 10.3 Å². The summed E-state index contributed by atoms with van der Waals surface area (Å²) in [5, 5.41) is 4.33. The van der Waals surface area contributed by atoms with Crippen LogP contribution in [0.1, 0.15) is 18.5 Å². The molecule has 0 unspecified atom stereocenters. The Balaban J connectivity index is 2.67. The highest BCUT2D eigenvalue weighted by molar-refractivity contribution is 6.30. The van der Waals surface area contributed by atoms with E-state index in [0.29, 0.717) is 10.9 Å². The van der Waals surface area contributed by atoms with Crippen LogP contribution in [0.15, 0.2) is 29.4 Å². The second kappa shape index (κ2) is 4.57. The number of fused-ring (bicyclic) bond motifs is 1. The van der Waals surface area contributed by atoms with Crippen molar-refractivity contribution >= 4 is 22.5 Å². The molecule has 0 radical (unpaired) electrons. The Bertz CT molecular complexity index is 622. The third-order valence-electron chi connectivity index (χ3n) is 2.45. The van der Waals surface area contributed by atoms with E-state index in [9.17, 15) is 4.39 Å². The molecule has 86 valence electrons. The summed E-state index contributed by atoms with van der Waals surface area (Å²) in [6, 6.07) is 5.89. The summed E-state index contributed by atoms with van der Waals surface area (Å²) in [6.45, 7) is 1.70. The summed E-state index contributed by atoms with van der Waals surface area (Å²) < 4.78 is 13.4. The first-order valence-corrected chi connectivity index (χ1v) is 5.30. The van der Waals surface area contributed by atoms with Crippen molar-refractivity contribution in [3.63, 3.8) is 0 Å². The Morgan fingerprint density at radius 2 is 2.29 bits per heavy atom. The Morgan fingerprint density at radius 3 is 3.00 bits per heavy atom. The molecule has 0 aliphatic heterocycles. The molecule has 0 bridgehead atoms. The molecule has 0 fully saturated rings. The van der Waals surface area contributed by atoms with Crippen LogP contribution in [-0.2, 0) is 0 Å². The number of aromatic nitrogens is 1. The SMILES string of the molecule is C[C@H](N=[N+]=[N-])c1cc2cccc(F)c2nc1Cl. The molecule has 1 atom stereocenters. The number of benzene rings is 1. The fourth-order valence-corrected chi connectivity index (χ4v) is 1.89. The maximum atomic E-state index is 13.4. The molecule has 0 aliphatic rings. The zero-order valence-corrected chi connectivity index (χ0v) is 9.69. The van der Waals surface area contributed by atoms with Crippen molar-refractivity contribution in [2.75, 3.05) is 0 Å². The molecule has 1 aromatic heterocycles. The van der Waals surface area contributed by atoms with E-state index in [0.717, 1.165) is 0 Å². The number of para-hydroxylation sites is 1. The molecule has 2 rings (SSSR count). The normalized spacial score (nSPS) is 12.2. The van der Waals surface area contributed by atoms with Crippen LogP contribution in [0.5, 0.6) is 0 Å². The largest absolute Gasteiger partial charge is 0.233 e. The van der Waals surface area contributed by atoms with Gasteiger partial charge in [-0.15, -0.1) is 0 Å². The maximum Gasteiger partial charge on any atom is 0.149 e. The van der Waals surface area contributed by atoms with E-state index < -0.39 is 11.9 Å². The molecular formula is C11H8ClFN4. The maximum absolute atomic E-state index is 13.4. The van der Waals surface area contributed by atoms with Crippen molar-refractivity contribution in [3.8, 4) is 0 Å². The standard InChI is InChI=1S/C11H8ClFN4/c1-6(16-17-14)8-5-7-3-2-4-9(13)10(7)15-11(8)12/h2-6H,1H3/t6-/m0/s1. The van der Waals surface area contributed by atoms with Gasteiger partial charge >= 0.3 is 0 Å². The Labute approximate surface area is 102 Å². The first kappa shape index (κ1) is 11.6. The van der Waals surface area contributed by atoms with Crippen LogP contribution in [0.2, 0.25) is 5.15 Å². The van der Waals surface area contributed by atoms with Crippen LogP contribution in [0, 0.1) is 5.82 Å². The topological polar surface area (TPSA) is 61.7 Å². The van der Waals surface area contributed by atoms with E-state index in [1.54, 1.807) is 25.1 Å². The number of azide groups is 1. The van der Waals surface area contributed by atoms with Gasteiger partial charge in [0.15, 0.2) is 0 Å². The minimum atomic E-state index is -0.437. The van der Waals surface area contributed by atoms with E-state index in [2.05, 4.69) is 15.0 Å². The summed E-state index contributed by atoms with van der Waals surface area (Å²) in [5.74, 6) is -0.424. The van der Waals surface area contributed by atoms with Crippen LogP contribution in [0.25, 0.3) is 21.3 Å². The van der Waals surface area contributed by atoms with Gasteiger partial charge < -0.3 is 0 Å². The zero-order chi connectivity index (χ0) is 12.4. The number of hydrogen-bond donors (Lipinski definition) is 0. The van der Waals surface area contributed by atoms with Crippen molar-refractivity contribution in [2.45, 2.75) is 13.0 Å². The van der Waals surface area contributed by atoms with Crippen molar-refractivity contribution in [1.29, 1.82) is 0 Å². The lowest BCUT2D eigenvalue weighted by Gasteiger charge is -2.09. The summed E-state index contributed by atoms with van der Waals surface area (Å²) in [4.78, 5) is 6.70. The number of pyridine rings is 1. The molecule has 0 N–H and O–H groups in total. The highest BCUT2D eigenvalue weighted by atomic mass is 35.5. The summed E-state index contributed by atoms with van der Waals surface area (Å²) in [7, 11) is 0. The van der Waals surface area contributed by atoms with Gasteiger partial charge in [-0.25, -0.2) is 9.37 Å². The first-order chi connectivity index (χ1) is 8.13. The predicted molar refractivity (Wildman–Crippen MR) is 64.3 cm³/mol. The second-order valence-corrected chi connectivity index (χ2v) is 3.92. The quantitative estimate of drug-likeness (QED) is 0.337. The van der Waals surface area contributed by atoms with Crippen LogP contribution >= 0.6 is 11.6 Å². The van der Waals surface area contributed by atoms with Crippen molar-refractivity contribution in [3.05, 3.63) is 51.2 Å². The molecule has 1 aromatic carbocycles. The lowest BCUT2D eigenvalue weighted by Crippen LogP contribution is -1.94. The third kappa shape index (κ3) is 2.16. The summed E-state index contributed by atoms with van der Waals surface area (Å²) >= 11 is 5.94. The smallest absolute Gasteiger partial charge is 0.149 e. The van der Waals surface area contributed by atoms with Crippen molar-refractivity contribution in [2.24, 2.45) is 5.11 Å². The molecule has 17 heavy (non-hydrogen) atoms. The molecule has 0 saturated heterocycles. The van der Waals surface area contributed by atoms with Crippen LogP contribution in [-0.4, -0.2) is 4.98 Å². The molecule has 1 heterocycles.